The normalized spacial score (nSPS) is 11.4. The summed E-state index contributed by atoms with van der Waals surface area (Å²) in [6.07, 6.45) is 4.78. The minimum Gasteiger partial charge on any atom is -0.477 e. The highest BCUT2D eigenvalue weighted by atomic mass is 35.5. The molecule has 0 aliphatic carbocycles. The van der Waals surface area contributed by atoms with Crippen LogP contribution in [-0.2, 0) is 0 Å². The van der Waals surface area contributed by atoms with Crippen LogP contribution in [0.5, 0.6) is 0 Å². The minimum absolute atomic E-state index is 0.0706. The highest BCUT2D eigenvalue weighted by molar-refractivity contribution is 7.18. The summed E-state index contributed by atoms with van der Waals surface area (Å²) in [5, 5.41) is 9.64. The van der Waals surface area contributed by atoms with Crippen LogP contribution in [0.3, 0.4) is 0 Å². The Morgan fingerprint density at radius 1 is 1.35 bits per heavy atom. The first-order valence-corrected chi connectivity index (χ1v) is 7.85. The Hall–Kier alpha value is -2.44. The zero-order chi connectivity index (χ0) is 16.6. The molecule has 23 heavy (non-hydrogen) atoms. The van der Waals surface area contributed by atoms with Gasteiger partial charge in [-0.25, -0.2) is 9.78 Å². The third-order valence-electron chi connectivity index (χ3n) is 3.33. The van der Waals surface area contributed by atoms with Crippen LogP contribution in [0.25, 0.3) is 17.1 Å². The molecule has 1 aromatic carbocycles. The van der Waals surface area contributed by atoms with E-state index in [0.717, 1.165) is 16.9 Å². The smallest absolute Gasteiger partial charge is 0.347 e. The number of carbonyl (C=O) groups is 1. The first kappa shape index (κ1) is 15.5. The van der Waals surface area contributed by atoms with Gasteiger partial charge >= 0.3 is 5.97 Å². The molecule has 0 unspecified atom stereocenters. The van der Waals surface area contributed by atoms with E-state index < -0.39 is 5.97 Å². The van der Waals surface area contributed by atoms with Crippen LogP contribution in [0.1, 0.15) is 26.5 Å². The summed E-state index contributed by atoms with van der Waals surface area (Å²) in [7, 11) is 0. The zero-order valence-electron chi connectivity index (χ0n) is 12.0. The van der Waals surface area contributed by atoms with Crippen molar-refractivity contribution in [3.05, 3.63) is 67.5 Å². The third-order valence-corrected chi connectivity index (χ3v) is 4.65. The molecule has 3 rings (SSSR count). The van der Waals surface area contributed by atoms with Crippen molar-refractivity contribution >= 4 is 46.0 Å². The van der Waals surface area contributed by atoms with Gasteiger partial charge in [-0.05, 0) is 24.6 Å². The molecule has 0 radical (unpaired) electrons. The number of benzene rings is 1. The first-order valence-electron chi connectivity index (χ1n) is 6.66. The zero-order valence-corrected chi connectivity index (χ0v) is 13.6. The van der Waals surface area contributed by atoms with E-state index in [1.807, 2.05) is 18.2 Å². The van der Waals surface area contributed by atoms with E-state index in [-0.39, 0.29) is 10.4 Å². The van der Waals surface area contributed by atoms with Crippen LogP contribution < -0.4 is 5.56 Å². The van der Waals surface area contributed by atoms with Gasteiger partial charge in [0.25, 0.3) is 5.56 Å². The third kappa shape index (κ3) is 2.91. The largest absolute Gasteiger partial charge is 0.477 e. The lowest BCUT2D eigenvalue weighted by atomic mass is 10.1. The molecular weight excluding hydrogens is 336 g/mol. The van der Waals surface area contributed by atoms with Crippen molar-refractivity contribution in [1.82, 2.24) is 9.38 Å². The van der Waals surface area contributed by atoms with Crippen LogP contribution in [0, 0.1) is 6.92 Å². The van der Waals surface area contributed by atoms with Gasteiger partial charge < -0.3 is 5.11 Å². The number of hydrogen-bond acceptors (Lipinski definition) is 4. The topological polar surface area (TPSA) is 71.7 Å². The number of hydrogen-bond donors (Lipinski definition) is 1. The molecule has 116 valence electrons. The van der Waals surface area contributed by atoms with E-state index >= 15 is 0 Å². The van der Waals surface area contributed by atoms with E-state index in [1.165, 1.54) is 10.6 Å². The molecular formula is C16H11ClN2O3S. The van der Waals surface area contributed by atoms with Gasteiger partial charge in [0, 0.05) is 16.8 Å². The van der Waals surface area contributed by atoms with E-state index in [4.69, 9.17) is 16.7 Å². The molecule has 0 saturated carbocycles. The molecule has 0 bridgehead atoms. The lowest BCUT2D eigenvalue weighted by molar-refractivity contribution is 0.0702. The quantitative estimate of drug-likeness (QED) is 0.786. The second kappa shape index (κ2) is 5.98. The average Bonchev–Trinajstić information content (AvgIpc) is 2.95. The van der Waals surface area contributed by atoms with E-state index in [0.29, 0.717) is 21.2 Å². The van der Waals surface area contributed by atoms with Crippen LogP contribution >= 0.6 is 22.9 Å². The number of carboxylic acids is 1. The molecule has 2 aromatic heterocycles. The molecule has 0 fully saturated rings. The molecule has 5 nitrogen and oxygen atoms in total. The highest BCUT2D eigenvalue weighted by Gasteiger charge is 2.13. The minimum atomic E-state index is -1.08. The standard InChI is InChI=1S/C16H11ClN2O3S/c1-9-12(7-6-10-4-2-3-5-11(10)17)18-16-19(14(9)20)8-13(23-16)15(21)22/h2-8H,1H3,(H,21,22). The van der Waals surface area contributed by atoms with Gasteiger partial charge in [0.2, 0.25) is 0 Å². The highest BCUT2D eigenvalue weighted by Crippen LogP contribution is 2.20. The maximum Gasteiger partial charge on any atom is 0.347 e. The fraction of sp³-hybridized carbons (Fsp3) is 0.0625. The van der Waals surface area contributed by atoms with Gasteiger partial charge in [0.15, 0.2) is 4.96 Å². The van der Waals surface area contributed by atoms with Gasteiger partial charge in [-0.2, -0.15) is 0 Å². The number of carboxylic acid groups (broad SMARTS) is 1. The van der Waals surface area contributed by atoms with E-state index in [1.54, 1.807) is 25.1 Å². The second-order valence-corrected chi connectivity index (χ2v) is 6.25. The summed E-state index contributed by atoms with van der Waals surface area (Å²) in [6.45, 7) is 1.66. The van der Waals surface area contributed by atoms with Crippen molar-refractivity contribution in [2.24, 2.45) is 0 Å². The van der Waals surface area contributed by atoms with Gasteiger partial charge in [-0.15, -0.1) is 0 Å². The Bertz CT molecular complexity index is 1000. The summed E-state index contributed by atoms with van der Waals surface area (Å²) >= 11 is 7.05. The summed E-state index contributed by atoms with van der Waals surface area (Å²) in [5.74, 6) is -1.08. The lowest BCUT2D eigenvalue weighted by Crippen LogP contribution is -2.17. The van der Waals surface area contributed by atoms with Gasteiger partial charge in [0.1, 0.15) is 4.88 Å². The van der Waals surface area contributed by atoms with Crippen molar-refractivity contribution in [2.75, 3.05) is 0 Å². The fourth-order valence-electron chi connectivity index (χ4n) is 2.09. The molecule has 0 saturated heterocycles. The maximum atomic E-state index is 12.3. The SMILES string of the molecule is Cc1c(C=Cc2ccccc2Cl)nc2sc(C(=O)O)cn2c1=O. The Morgan fingerprint density at radius 2 is 2.09 bits per heavy atom. The van der Waals surface area contributed by atoms with Crippen LogP contribution in [0.2, 0.25) is 5.02 Å². The summed E-state index contributed by atoms with van der Waals surface area (Å²) in [5.41, 5.74) is 1.47. The number of fused-ring (bicyclic) bond motifs is 1. The van der Waals surface area contributed by atoms with Crippen molar-refractivity contribution in [1.29, 1.82) is 0 Å². The van der Waals surface area contributed by atoms with Gasteiger partial charge in [-0.3, -0.25) is 9.20 Å². The van der Waals surface area contributed by atoms with Crippen LogP contribution in [-0.4, -0.2) is 20.5 Å². The Morgan fingerprint density at radius 3 is 2.78 bits per heavy atom. The van der Waals surface area contributed by atoms with Crippen molar-refractivity contribution in [3.8, 4) is 0 Å². The summed E-state index contributed by atoms with van der Waals surface area (Å²) in [6, 6.07) is 7.33. The molecule has 0 aliphatic heterocycles. The number of halogens is 1. The summed E-state index contributed by atoms with van der Waals surface area (Å²) in [4.78, 5) is 28.2. The monoisotopic (exact) mass is 346 g/mol. The van der Waals surface area contributed by atoms with Crippen LogP contribution in [0.15, 0.2) is 35.3 Å². The molecule has 3 aromatic rings. The van der Waals surface area contributed by atoms with Gasteiger partial charge in [0.05, 0.1) is 5.69 Å². The number of rotatable bonds is 3. The fourth-order valence-corrected chi connectivity index (χ4v) is 3.10. The van der Waals surface area contributed by atoms with Crippen molar-refractivity contribution in [2.45, 2.75) is 6.92 Å². The van der Waals surface area contributed by atoms with Crippen LogP contribution in [0.4, 0.5) is 0 Å². The first-order chi connectivity index (χ1) is 11.0. The molecule has 7 heteroatoms. The molecule has 0 spiro atoms. The average molecular weight is 347 g/mol. The second-order valence-electron chi connectivity index (χ2n) is 4.84. The molecule has 1 N–H and O–H groups in total. The Balaban J connectivity index is 2.11. The number of nitrogens with zero attached hydrogens (tertiary/aromatic N) is 2. The van der Waals surface area contributed by atoms with Crippen molar-refractivity contribution in [3.63, 3.8) is 0 Å². The van der Waals surface area contributed by atoms with E-state index in [9.17, 15) is 9.59 Å². The molecule has 0 atom stereocenters. The summed E-state index contributed by atoms with van der Waals surface area (Å²) < 4.78 is 1.26. The van der Waals surface area contributed by atoms with E-state index in [2.05, 4.69) is 4.98 Å². The Kier molecular flexibility index (Phi) is 4.02. The molecule has 0 amide bonds. The number of aromatic carboxylic acids is 1. The van der Waals surface area contributed by atoms with Gasteiger partial charge in [-0.1, -0.05) is 47.2 Å². The molecule has 0 aliphatic rings. The number of thiazole rings is 1. The maximum absolute atomic E-state index is 12.3. The predicted octanol–water partition coefficient (Wildman–Crippen LogP) is 3.59. The van der Waals surface area contributed by atoms with Crippen molar-refractivity contribution < 1.29 is 9.90 Å². The predicted molar refractivity (Wildman–Crippen MR) is 91.4 cm³/mol. The number of aromatic nitrogens is 2. The Labute approximate surface area is 140 Å². The molecule has 2 heterocycles. The lowest BCUT2D eigenvalue weighted by Gasteiger charge is -2.01.